The molecule has 0 bridgehead atoms. The Morgan fingerprint density at radius 3 is 1.83 bits per heavy atom. The molecule has 0 saturated carbocycles. The summed E-state index contributed by atoms with van der Waals surface area (Å²) in [4.78, 5) is 0. The second kappa shape index (κ2) is 6.58. The first-order valence-electron chi connectivity index (χ1n) is 5.11. The summed E-state index contributed by atoms with van der Waals surface area (Å²) in [7, 11) is 0. The summed E-state index contributed by atoms with van der Waals surface area (Å²) in [6, 6.07) is -0.0549. The lowest BCUT2D eigenvalue weighted by molar-refractivity contribution is -0.324. The molecule has 0 aromatic rings. The maximum absolute atomic E-state index is 12.0. The summed E-state index contributed by atoms with van der Waals surface area (Å²) in [6.45, 7) is 2.22. The van der Waals surface area contributed by atoms with E-state index >= 15 is 0 Å². The Kier molecular flexibility index (Phi) is 6.38. The Labute approximate surface area is 100 Å². The van der Waals surface area contributed by atoms with Gasteiger partial charge in [0.25, 0.3) is 0 Å². The number of alkyl halides is 6. The predicted molar refractivity (Wildman–Crippen MR) is 51.0 cm³/mol. The average molecular weight is 283 g/mol. The van der Waals surface area contributed by atoms with Crippen LogP contribution < -0.4 is 5.32 Å². The van der Waals surface area contributed by atoms with Crippen molar-refractivity contribution in [1.29, 1.82) is 0 Å². The van der Waals surface area contributed by atoms with Crippen LogP contribution in [0.2, 0.25) is 0 Å². The van der Waals surface area contributed by atoms with Crippen molar-refractivity contribution in [3.63, 3.8) is 0 Å². The largest absolute Gasteiger partial charge is 0.423 e. The molecule has 1 unspecified atom stereocenters. The van der Waals surface area contributed by atoms with E-state index in [0.717, 1.165) is 0 Å². The fraction of sp³-hybridized carbons (Fsp3) is 1.00. The van der Waals surface area contributed by atoms with Crippen LogP contribution in [0.3, 0.4) is 0 Å². The van der Waals surface area contributed by atoms with Gasteiger partial charge in [0.15, 0.2) is 0 Å². The van der Waals surface area contributed by atoms with Crippen LogP contribution in [0.5, 0.6) is 0 Å². The van der Waals surface area contributed by atoms with Crippen LogP contribution in [-0.4, -0.2) is 48.9 Å². The zero-order chi connectivity index (χ0) is 14.6. The number of rotatable bonds is 6. The lowest BCUT2D eigenvalue weighted by atomic mass is 10.3. The van der Waals surface area contributed by atoms with Crippen molar-refractivity contribution in [2.45, 2.75) is 44.4 Å². The second-order valence-electron chi connectivity index (χ2n) is 4.01. The fourth-order valence-electron chi connectivity index (χ4n) is 1.01. The second-order valence-corrected chi connectivity index (χ2v) is 4.01. The number of aliphatic hydroxyl groups excluding tert-OH is 1. The average Bonchev–Trinajstić information content (AvgIpc) is 2.10. The van der Waals surface area contributed by atoms with Crippen LogP contribution in [0.4, 0.5) is 26.3 Å². The number of nitrogens with one attached hydrogen (secondary N) is 1. The van der Waals surface area contributed by atoms with Crippen molar-refractivity contribution in [2.24, 2.45) is 0 Å². The first-order valence-corrected chi connectivity index (χ1v) is 5.11. The van der Waals surface area contributed by atoms with Gasteiger partial charge in [0.1, 0.15) is 0 Å². The summed E-state index contributed by atoms with van der Waals surface area (Å²) in [6.07, 6.45) is -16.4. The highest BCUT2D eigenvalue weighted by atomic mass is 19.4. The molecule has 0 radical (unpaired) electrons. The number of ether oxygens (including phenoxy) is 1. The zero-order valence-corrected chi connectivity index (χ0v) is 9.77. The third-order valence-electron chi connectivity index (χ3n) is 1.81. The van der Waals surface area contributed by atoms with Crippen molar-refractivity contribution < 1.29 is 36.2 Å². The van der Waals surface area contributed by atoms with Gasteiger partial charge in [-0.25, -0.2) is 0 Å². The molecule has 0 fully saturated rings. The van der Waals surface area contributed by atoms with Crippen LogP contribution in [0.15, 0.2) is 0 Å². The molecule has 2 N–H and O–H groups in total. The first-order chi connectivity index (χ1) is 7.94. The molecule has 0 rings (SSSR count). The van der Waals surface area contributed by atoms with Gasteiger partial charge in [-0.2, -0.15) is 26.3 Å². The van der Waals surface area contributed by atoms with Crippen LogP contribution in [0.1, 0.15) is 13.8 Å². The summed E-state index contributed by atoms with van der Waals surface area (Å²) in [5.41, 5.74) is 0. The smallest absolute Gasteiger partial charge is 0.389 e. The Morgan fingerprint density at radius 2 is 1.50 bits per heavy atom. The van der Waals surface area contributed by atoms with E-state index in [1.807, 2.05) is 0 Å². The molecule has 0 aliphatic heterocycles. The van der Waals surface area contributed by atoms with Gasteiger partial charge < -0.3 is 15.2 Å². The fourth-order valence-corrected chi connectivity index (χ4v) is 1.01. The minimum Gasteiger partial charge on any atom is -0.389 e. The van der Waals surface area contributed by atoms with Gasteiger partial charge in [0.05, 0.1) is 12.7 Å². The van der Waals surface area contributed by atoms with E-state index in [0.29, 0.717) is 0 Å². The van der Waals surface area contributed by atoms with Gasteiger partial charge in [-0.15, -0.1) is 0 Å². The molecule has 9 heteroatoms. The van der Waals surface area contributed by atoms with E-state index in [4.69, 9.17) is 5.11 Å². The normalized spacial score (nSPS) is 15.5. The molecule has 1 atom stereocenters. The SMILES string of the molecule is CC(C)NCC(O)COC(C(F)(F)F)C(F)(F)F. The summed E-state index contributed by atoms with van der Waals surface area (Å²) >= 11 is 0. The number of halogens is 6. The standard InChI is InChI=1S/C9H15F6NO2/c1-5(2)16-3-6(17)4-18-7(8(10,11)12)9(13,14)15/h5-7,16-17H,3-4H2,1-2H3. The van der Waals surface area contributed by atoms with E-state index < -0.39 is 31.2 Å². The van der Waals surface area contributed by atoms with Gasteiger partial charge >= 0.3 is 12.4 Å². The van der Waals surface area contributed by atoms with Crippen molar-refractivity contribution in [3.8, 4) is 0 Å². The molecule has 0 aromatic heterocycles. The van der Waals surface area contributed by atoms with Crippen LogP contribution in [0.25, 0.3) is 0 Å². The monoisotopic (exact) mass is 283 g/mol. The lowest BCUT2D eigenvalue weighted by Crippen LogP contribution is -2.46. The first kappa shape index (κ1) is 17.5. The Hall–Kier alpha value is -0.540. The van der Waals surface area contributed by atoms with Crippen molar-refractivity contribution >= 4 is 0 Å². The maximum atomic E-state index is 12.0. The van der Waals surface area contributed by atoms with Crippen LogP contribution >= 0.6 is 0 Å². The van der Waals surface area contributed by atoms with Gasteiger partial charge in [0, 0.05) is 12.6 Å². The van der Waals surface area contributed by atoms with Crippen LogP contribution in [-0.2, 0) is 4.74 Å². The molecule has 0 heterocycles. The number of hydrogen-bond donors (Lipinski definition) is 2. The van der Waals surface area contributed by atoms with Crippen molar-refractivity contribution in [1.82, 2.24) is 5.32 Å². The number of aliphatic hydroxyl groups is 1. The maximum Gasteiger partial charge on any atom is 0.423 e. The molecular formula is C9H15F6NO2. The topological polar surface area (TPSA) is 41.5 Å². The van der Waals surface area contributed by atoms with E-state index in [2.05, 4.69) is 10.1 Å². The Morgan fingerprint density at radius 1 is 1.06 bits per heavy atom. The van der Waals surface area contributed by atoms with E-state index in [1.165, 1.54) is 0 Å². The molecule has 0 amide bonds. The van der Waals surface area contributed by atoms with Gasteiger partial charge in [-0.3, -0.25) is 0 Å². The molecule has 0 saturated heterocycles. The summed E-state index contributed by atoms with van der Waals surface area (Å²) < 4.78 is 76.0. The molecule has 3 nitrogen and oxygen atoms in total. The third kappa shape index (κ3) is 7.02. The quantitative estimate of drug-likeness (QED) is 0.731. The van der Waals surface area contributed by atoms with Crippen LogP contribution in [0, 0.1) is 0 Å². The molecule has 0 aromatic carbocycles. The van der Waals surface area contributed by atoms with Crippen molar-refractivity contribution in [3.05, 3.63) is 0 Å². The number of hydrogen-bond acceptors (Lipinski definition) is 3. The highest BCUT2D eigenvalue weighted by Crippen LogP contribution is 2.35. The zero-order valence-electron chi connectivity index (χ0n) is 9.77. The van der Waals surface area contributed by atoms with E-state index in [1.54, 1.807) is 13.8 Å². The van der Waals surface area contributed by atoms with E-state index in [9.17, 15) is 26.3 Å². The minimum atomic E-state index is -5.55. The summed E-state index contributed by atoms with van der Waals surface area (Å²) in [5, 5.41) is 11.8. The predicted octanol–water partition coefficient (Wildman–Crippen LogP) is 1.86. The van der Waals surface area contributed by atoms with Crippen molar-refractivity contribution in [2.75, 3.05) is 13.2 Å². The molecule has 0 spiro atoms. The molecular weight excluding hydrogens is 268 g/mol. The minimum absolute atomic E-state index is 0.0549. The van der Waals surface area contributed by atoms with Gasteiger partial charge in [0.2, 0.25) is 6.10 Å². The molecule has 0 aliphatic rings. The third-order valence-corrected chi connectivity index (χ3v) is 1.81. The highest BCUT2D eigenvalue weighted by molar-refractivity contribution is 4.76. The lowest BCUT2D eigenvalue weighted by Gasteiger charge is -2.24. The Balaban J connectivity index is 4.29. The molecule has 0 aliphatic carbocycles. The molecule has 110 valence electrons. The van der Waals surface area contributed by atoms with E-state index in [-0.39, 0.29) is 12.6 Å². The summed E-state index contributed by atoms with van der Waals surface area (Å²) in [5.74, 6) is 0. The highest BCUT2D eigenvalue weighted by Gasteiger charge is 2.58. The Bertz CT molecular complexity index is 226. The molecule has 18 heavy (non-hydrogen) atoms. The van der Waals surface area contributed by atoms with Gasteiger partial charge in [-0.05, 0) is 0 Å². The van der Waals surface area contributed by atoms with Gasteiger partial charge in [-0.1, -0.05) is 13.8 Å².